The summed E-state index contributed by atoms with van der Waals surface area (Å²) < 4.78 is 18.0. The van der Waals surface area contributed by atoms with Gasteiger partial charge in [-0.1, -0.05) is 12.1 Å². The molecular formula is C25H29N3O4. The molecule has 1 spiro atoms. The summed E-state index contributed by atoms with van der Waals surface area (Å²) >= 11 is 0. The molecule has 5 rings (SSSR count). The second kappa shape index (κ2) is 8.04. The number of hydrazone groups is 1. The quantitative estimate of drug-likeness (QED) is 0.727. The maximum atomic E-state index is 11.9. The highest BCUT2D eigenvalue weighted by atomic mass is 16.6. The average Bonchev–Trinajstić information content (AvgIpc) is 3.27. The molecule has 0 radical (unpaired) electrons. The first-order chi connectivity index (χ1) is 15.5. The maximum absolute atomic E-state index is 11.9. The zero-order valence-corrected chi connectivity index (χ0v) is 18.8. The molecule has 2 aromatic rings. The van der Waals surface area contributed by atoms with Crippen molar-refractivity contribution in [3.05, 3.63) is 53.6 Å². The van der Waals surface area contributed by atoms with Gasteiger partial charge in [-0.25, -0.2) is 5.01 Å². The number of carbonyl (C=O) groups excluding carboxylic acids is 1. The Balaban J connectivity index is 1.55. The molecule has 32 heavy (non-hydrogen) atoms. The second-order valence-electron chi connectivity index (χ2n) is 8.50. The van der Waals surface area contributed by atoms with E-state index in [2.05, 4.69) is 23.2 Å². The number of nitrogens with zero attached hydrogens (tertiary/aromatic N) is 3. The topological polar surface area (TPSA) is 63.6 Å². The van der Waals surface area contributed by atoms with E-state index in [9.17, 15) is 4.79 Å². The van der Waals surface area contributed by atoms with E-state index in [4.69, 9.17) is 19.3 Å². The van der Waals surface area contributed by atoms with E-state index in [1.54, 1.807) is 14.0 Å². The van der Waals surface area contributed by atoms with Crippen LogP contribution in [0.5, 0.6) is 17.2 Å². The smallest absolute Gasteiger partial charge is 0.219 e. The Morgan fingerprint density at radius 2 is 1.94 bits per heavy atom. The van der Waals surface area contributed by atoms with Gasteiger partial charge in [0.25, 0.3) is 0 Å². The van der Waals surface area contributed by atoms with Gasteiger partial charge < -0.3 is 19.1 Å². The fourth-order valence-corrected chi connectivity index (χ4v) is 5.00. The molecule has 3 aliphatic rings. The summed E-state index contributed by atoms with van der Waals surface area (Å²) in [5.41, 5.74) is 2.62. The van der Waals surface area contributed by atoms with Crippen LogP contribution in [0.3, 0.4) is 0 Å². The molecule has 0 bridgehead atoms. The van der Waals surface area contributed by atoms with Gasteiger partial charge >= 0.3 is 0 Å². The van der Waals surface area contributed by atoms with Crippen LogP contribution in [0, 0.1) is 0 Å². The van der Waals surface area contributed by atoms with Crippen molar-refractivity contribution in [1.82, 2.24) is 9.91 Å². The molecule has 0 aromatic heterocycles. The number of methoxy groups -OCH3 is 1. The highest BCUT2D eigenvalue weighted by molar-refractivity contribution is 6.02. The number of likely N-dealkylation sites (tertiary alicyclic amines) is 1. The highest BCUT2D eigenvalue weighted by Crippen LogP contribution is 2.52. The molecule has 7 nitrogen and oxygen atoms in total. The number of amides is 1. The molecule has 7 heteroatoms. The maximum Gasteiger partial charge on any atom is 0.219 e. The van der Waals surface area contributed by atoms with Gasteiger partial charge in [-0.2, -0.15) is 5.10 Å². The van der Waals surface area contributed by atoms with Gasteiger partial charge in [0.2, 0.25) is 11.6 Å². The van der Waals surface area contributed by atoms with Gasteiger partial charge in [-0.05, 0) is 42.8 Å². The highest BCUT2D eigenvalue weighted by Gasteiger charge is 2.52. The van der Waals surface area contributed by atoms with Crippen molar-refractivity contribution in [2.75, 3.05) is 26.8 Å². The fraction of sp³-hybridized carbons (Fsp3) is 0.440. The summed E-state index contributed by atoms with van der Waals surface area (Å²) in [5.74, 6) is 2.52. The number of hydrogen-bond donors (Lipinski definition) is 0. The summed E-state index contributed by atoms with van der Waals surface area (Å²) in [5, 5.41) is 7.25. The number of piperidine rings is 1. The van der Waals surface area contributed by atoms with Crippen LogP contribution in [0.4, 0.5) is 0 Å². The summed E-state index contributed by atoms with van der Waals surface area (Å²) in [6, 6.07) is 14.2. The Kier molecular flexibility index (Phi) is 5.19. The van der Waals surface area contributed by atoms with Gasteiger partial charge in [-0.15, -0.1) is 0 Å². The summed E-state index contributed by atoms with van der Waals surface area (Å²) in [6.07, 6.45) is 2.18. The number of fused-ring (bicyclic) bond motifs is 4. The van der Waals surface area contributed by atoms with Crippen LogP contribution >= 0.6 is 0 Å². The minimum atomic E-state index is -0.592. The third-order valence-electron chi connectivity index (χ3n) is 6.70. The van der Waals surface area contributed by atoms with E-state index in [-0.39, 0.29) is 11.9 Å². The standard InChI is InChI=1S/C25H29N3O4/c1-4-31-23-7-5-6-20-22-16-21(18-8-10-19(30-3)11-9-18)26-28(22)25(32-24(20)23)12-14-27(15-13-25)17(2)29/h5-11,22H,4,12-16H2,1-3H3/t22-/m1/s1. The Bertz CT molecular complexity index is 1040. The largest absolute Gasteiger partial charge is 0.497 e. The van der Waals surface area contributed by atoms with E-state index < -0.39 is 5.72 Å². The first-order valence-corrected chi connectivity index (χ1v) is 11.3. The van der Waals surface area contributed by atoms with Crippen LogP contribution in [0.25, 0.3) is 0 Å². The Labute approximate surface area is 188 Å². The number of benzene rings is 2. The predicted molar refractivity (Wildman–Crippen MR) is 121 cm³/mol. The van der Waals surface area contributed by atoms with Crippen molar-refractivity contribution in [2.24, 2.45) is 5.10 Å². The van der Waals surface area contributed by atoms with Crippen molar-refractivity contribution in [2.45, 2.75) is 44.9 Å². The van der Waals surface area contributed by atoms with Crippen LogP contribution < -0.4 is 14.2 Å². The molecule has 0 N–H and O–H groups in total. The van der Waals surface area contributed by atoms with Crippen LogP contribution in [-0.4, -0.2) is 54.1 Å². The van der Waals surface area contributed by atoms with E-state index in [0.717, 1.165) is 40.5 Å². The normalized spacial score (nSPS) is 20.8. The molecule has 3 aliphatic heterocycles. The lowest BCUT2D eigenvalue weighted by Gasteiger charge is -2.51. The average molecular weight is 436 g/mol. The van der Waals surface area contributed by atoms with Crippen molar-refractivity contribution < 1.29 is 19.0 Å². The lowest BCUT2D eigenvalue weighted by atomic mass is 9.90. The summed E-state index contributed by atoms with van der Waals surface area (Å²) in [7, 11) is 1.67. The second-order valence-corrected chi connectivity index (χ2v) is 8.50. The van der Waals surface area contributed by atoms with Gasteiger partial charge in [0.15, 0.2) is 11.5 Å². The number of rotatable bonds is 4. The van der Waals surface area contributed by atoms with Gasteiger partial charge in [-0.3, -0.25) is 4.79 Å². The molecule has 1 fully saturated rings. The van der Waals surface area contributed by atoms with Crippen molar-refractivity contribution in [3.8, 4) is 17.2 Å². The Morgan fingerprint density at radius 1 is 1.19 bits per heavy atom. The predicted octanol–water partition coefficient (Wildman–Crippen LogP) is 3.98. The SMILES string of the molecule is CCOc1cccc2c1OC1(CCN(C(C)=O)CC1)N1N=C(c3ccc(OC)cc3)C[C@H]21. The summed E-state index contributed by atoms with van der Waals surface area (Å²) in [4.78, 5) is 13.8. The molecule has 1 atom stereocenters. The molecule has 2 aromatic carbocycles. The van der Waals surface area contributed by atoms with Crippen LogP contribution in [0.15, 0.2) is 47.6 Å². The molecule has 0 aliphatic carbocycles. The third-order valence-corrected chi connectivity index (χ3v) is 6.70. The monoisotopic (exact) mass is 435 g/mol. The number of carbonyl (C=O) groups is 1. The molecule has 0 saturated carbocycles. The van der Waals surface area contributed by atoms with E-state index in [0.29, 0.717) is 32.5 Å². The lowest BCUT2D eigenvalue weighted by Crippen LogP contribution is -2.59. The summed E-state index contributed by atoms with van der Waals surface area (Å²) in [6.45, 7) is 5.49. The molecule has 1 saturated heterocycles. The molecule has 0 unspecified atom stereocenters. The van der Waals surface area contributed by atoms with Crippen LogP contribution in [-0.2, 0) is 4.79 Å². The van der Waals surface area contributed by atoms with Crippen LogP contribution in [0.2, 0.25) is 0 Å². The zero-order chi connectivity index (χ0) is 22.3. The van der Waals surface area contributed by atoms with E-state index in [1.807, 2.05) is 36.1 Å². The zero-order valence-electron chi connectivity index (χ0n) is 18.8. The first kappa shape index (κ1) is 20.7. The van der Waals surface area contributed by atoms with Gasteiger partial charge in [0.05, 0.1) is 25.5 Å². The number of ether oxygens (including phenoxy) is 3. The molecule has 1 amide bonds. The van der Waals surface area contributed by atoms with Crippen molar-refractivity contribution >= 4 is 11.6 Å². The minimum absolute atomic E-state index is 0.0696. The van der Waals surface area contributed by atoms with Gasteiger partial charge in [0.1, 0.15) is 5.75 Å². The molecule has 3 heterocycles. The minimum Gasteiger partial charge on any atom is -0.497 e. The number of para-hydroxylation sites is 1. The van der Waals surface area contributed by atoms with Crippen LogP contribution in [0.1, 0.15) is 50.3 Å². The van der Waals surface area contributed by atoms with Gasteiger partial charge in [0, 0.05) is 44.8 Å². The van der Waals surface area contributed by atoms with E-state index >= 15 is 0 Å². The lowest BCUT2D eigenvalue weighted by molar-refractivity contribution is -0.159. The number of hydrogen-bond acceptors (Lipinski definition) is 6. The Hall–Kier alpha value is -3.22. The Morgan fingerprint density at radius 3 is 2.59 bits per heavy atom. The van der Waals surface area contributed by atoms with Crippen molar-refractivity contribution in [1.29, 1.82) is 0 Å². The molecule has 168 valence electrons. The molecular weight excluding hydrogens is 406 g/mol. The first-order valence-electron chi connectivity index (χ1n) is 11.3. The van der Waals surface area contributed by atoms with Crippen molar-refractivity contribution in [3.63, 3.8) is 0 Å². The van der Waals surface area contributed by atoms with E-state index in [1.165, 1.54) is 0 Å². The third kappa shape index (κ3) is 3.36. The fourth-order valence-electron chi connectivity index (χ4n) is 5.00.